The number of carbonyl (C=O) groups is 2. The molecule has 1 fully saturated rings. The van der Waals surface area contributed by atoms with Crippen molar-refractivity contribution >= 4 is 11.9 Å². The highest BCUT2D eigenvalue weighted by Gasteiger charge is 2.34. The number of aliphatic carboxylic acids is 1. The van der Waals surface area contributed by atoms with Gasteiger partial charge in [-0.25, -0.2) is 9.18 Å². The van der Waals surface area contributed by atoms with Crippen LogP contribution in [0.1, 0.15) is 10.4 Å². The lowest BCUT2D eigenvalue weighted by atomic mass is 10.1. The van der Waals surface area contributed by atoms with Crippen molar-refractivity contribution in [2.45, 2.75) is 6.04 Å². The number of benzene rings is 1. The minimum Gasteiger partial charge on any atom is -0.507 e. The van der Waals surface area contributed by atoms with E-state index >= 15 is 0 Å². The number of morpholine rings is 1. The number of amides is 1. The topological polar surface area (TPSA) is 87.1 Å². The number of hydrogen-bond donors (Lipinski definition) is 2. The number of hydrogen-bond acceptors (Lipinski definition) is 4. The zero-order chi connectivity index (χ0) is 14.0. The van der Waals surface area contributed by atoms with Gasteiger partial charge in [-0.05, 0) is 18.2 Å². The van der Waals surface area contributed by atoms with Gasteiger partial charge in [0, 0.05) is 6.54 Å². The third-order valence-corrected chi connectivity index (χ3v) is 2.86. The molecule has 0 aromatic heterocycles. The van der Waals surface area contributed by atoms with Crippen LogP contribution in [0, 0.1) is 5.82 Å². The Morgan fingerprint density at radius 1 is 1.42 bits per heavy atom. The largest absolute Gasteiger partial charge is 0.507 e. The Balaban J connectivity index is 2.31. The number of aromatic hydroxyl groups is 1. The van der Waals surface area contributed by atoms with E-state index < -0.39 is 23.7 Å². The lowest BCUT2D eigenvalue weighted by molar-refractivity contribution is -0.147. The van der Waals surface area contributed by atoms with Gasteiger partial charge in [0.25, 0.3) is 5.91 Å². The van der Waals surface area contributed by atoms with Crippen LogP contribution in [0.5, 0.6) is 5.75 Å². The highest BCUT2D eigenvalue weighted by molar-refractivity contribution is 5.99. The number of rotatable bonds is 2. The molecule has 2 rings (SSSR count). The third-order valence-electron chi connectivity index (χ3n) is 2.86. The average molecular weight is 269 g/mol. The third kappa shape index (κ3) is 2.65. The zero-order valence-electron chi connectivity index (χ0n) is 9.88. The van der Waals surface area contributed by atoms with Crippen molar-refractivity contribution in [3.05, 3.63) is 29.6 Å². The van der Waals surface area contributed by atoms with E-state index in [2.05, 4.69) is 0 Å². The molecule has 1 aromatic carbocycles. The van der Waals surface area contributed by atoms with Crippen molar-refractivity contribution in [3.63, 3.8) is 0 Å². The maximum atomic E-state index is 13.1. The predicted molar refractivity (Wildman–Crippen MR) is 61.3 cm³/mol. The summed E-state index contributed by atoms with van der Waals surface area (Å²) >= 11 is 0. The summed E-state index contributed by atoms with van der Waals surface area (Å²) in [5.74, 6) is -3.00. The predicted octanol–water partition coefficient (Wildman–Crippen LogP) is 0.457. The minimum atomic E-state index is -1.20. The highest BCUT2D eigenvalue weighted by atomic mass is 19.1. The van der Waals surface area contributed by atoms with Crippen molar-refractivity contribution in [1.82, 2.24) is 4.90 Å². The van der Waals surface area contributed by atoms with E-state index in [0.29, 0.717) is 0 Å². The Bertz CT molecular complexity index is 519. The summed E-state index contributed by atoms with van der Waals surface area (Å²) in [4.78, 5) is 24.3. The molecule has 102 valence electrons. The number of carbonyl (C=O) groups excluding carboxylic acids is 1. The zero-order valence-corrected chi connectivity index (χ0v) is 9.88. The lowest BCUT2D eigenvalue weighted by Crippen LogP contribution is -2.52. The quantitative estimate of drug-likeness (QED) is 0.814. The fourth-order valence-electron chi connectivity index (χ4n) is 1.89. The lowest BCUT2D eigenvalue weighted by Gasteiger charge is -2.33. The first-order valence-corrected chi connectivity index (χ1v) is 5.60. The normalized spacial score (nSPS) is 19.2. The molecule has 1 heterocycles. The molecular weight excluding hydrogens is 257 g/mol. The fraction of sp³-hybridized carbons (Fsp3) is 0.333. The van der Waals surface area contributed by atoms with E-state index in [1.807, 2.05) is 0 Å². The summed E-state index contributed by atoms with van der Waals surface area (Å²) in [5.41, 5.74) is -0.256. The molecule has 0 bridgehead atoms. The Morgan fingerprint density at radius 2 is 2.16 bits per heavy atom. The molecule has 1 aliphatic heterocycles. The first kappa shape index (κ1) is 13.3. The number of carboxylic acids is 1. The molecule has 0 aliphatic carbocycles. The molecule has 0 saturated carbocycles. The average Bonchev–Trinajstić information content (AvgIpc) is 2.40. The molecular formula is C12H12FNO5. The Hall–Kier alpha value is -2.15. The summed E-state index contributed by atoms with van der Waals surface area (Å²) in [6.45, 7) is 0.147. The van der Waals surface area contributed by atoms with Gasteiger partial charge in [-0.3, -0.25) is 4.79 Å². The fourth-order valence-corrected chi connectivity index (χ4v) is 1.89. The number of phenols is 1. The SMILES string of the molecule is O=C(O)C1COCCN1C(=O)c1cc(F)ccc1O. The molecule has 1 amide bonds. The van der Waals surface area contributed by atoms with Crippen molar-refractivity contribution in [1.29, 1.82) is 0 Å². The standard InChI is InChI=1S/C12H12FNO5/c13-7-1-2-10(15)8(5-7)11(16)14-3-4-19-6-9(14)12(17)18/h1-2,5,9,15H,3-4,6H2,(H,17,18). The van der Waals surface area contributed by atoms with Gasteiger partial charge in [-0.1, -0.05) is 0 Å². The molecule has 1 aromatic rings. The summed E-state index contributed by atoms with van der Waals surface area (Å²) in [6, 6.07) is 1.81. The van der Waals surface area contributed by atoms with Gasteiger partial charge in [0.15, 0.2) is 6.04 Å². The molecule has 2 N–H and O–H groups in total. The van der Waals surface area contributed by atoms with E-state index in [9.17, 15) is 19.1 Å². The molecule has 1 aliphatic rings. The summed E-state index contributed by atoms with van der Waals surface area (Å²) in [7, 11) is 0. The van der Waals surface area contributed by atoms with E-state index in [1.54, 1.807) is 0 Å². The summed E-state index contributed by atoms with van der Waals surface area (Å²) in [6.07, 6.45) is 0. The number of carboxylic acid groups (broad SMARTS) is 1. The second kappa shape index (κ2) is 5.23. The Kier molecular flexibility index (Phi) is 3.66. The Morgan fingerprint density at radius 3 is 2.84 bits per heavy atom. The molecule has 0 radical (unpaired) electrons. The first-order valence-electron chi connectivity index (χ1n) is 5.60. The van der Waals surface area contributed by atoms with E-state index in [-0.39, 0.29) is 31.1 Å². The Labute approximate surface area is 108 Å². The van der Waals surface area contributed by atoms with Gasteiger partial charge in [0.2, 0.25) is 0 Å². The second-order valence-corrected chi connectivity index (χ2v) is 4.09. The van der Waals surface area contributed by atoms with Crippen LogP contribution >= 0.6 is 0 Å². The van der Waals surface area contributed by atoms with Crippen molar-refractivity contribution < 1.29 is 28.9 Å². The van der Waals surface area contributed by atoms with Gasteiger partial charge in [-0.2, -0.15) is 0 Å². The van der Waals surface area contributed by atoms with E-state index in [4.69, 9.17) is 9.84 Å². The molecule has 1 atom stereocenters. The van der Waals surface area contributed by atoms with Crippen molar-refractivity contribution in [3.8, 4) is 5.75 Å². The summed E-state index contributed by atoms with van der Waals surface area (Å²) in [5, 5.41) is 18.6. The van der Waals surface area contributed by atoms with Crippen LogP contribution in [0.2, 0.25) is 0 Å². The minimum absolute atomic E-state index is 0.0752. The van der Waals surface area contributed by atoms with Gasteiger partial charge < -0.3 is 19.8 Å². The molecule has 19 heavy (non-hydrogen) atoms. The number of halogens is 1. The molecule has 6 nitrogen and oxygen atoms in total. The highest BCUT2D eigenvalue weighted by Crippen LogP contribution is 2.22. The van der Waals surface area contributed by atoms with E-state index in [1.165, 1.54) is 0 Å². The van der Waals surface area contributed by atoms with Crippen LogP contribution in [0.25, 0.3) is 0 Å². The maximum Gasteiger partial charge on any atom is 0.328 e. The number of nitrogens with zero attached hydrogens (tertiary/aromatic N) is 1. The molecule has 1 saturated heterocycles. The van der Waals surface area contributed by atoms with Crippen LogP contribution in [-0.4, -0.2) is 52.8 Å². The van der Waals surface area contributed by atoms with Crippen LogP contribution in [-0.2, 0) is 9.53 Å². The van der Waals surface area contributed by atoms with Gasteiger partial charge in [-0.15, -0.1) is 0 Å². The maximum absolute atomic E-state index is 13.1. The summed E-state index contributed by atoms with van der Waals surface area (Å²) < 4.78 is 18.1. The van der Waals surface area contributed by atoms with Gasteiger partial charge >= 0.3 is 5.97 Å². The number of phenolic OH excluding ortho intramolecular Hbond substituents is 1. The second-order valence-electron chi connectivity index (χ2n) is 4.09. The van der Waals surface area contributed by atoms with E-state index in [0.717, 1.165) is 23.1 Å². The smallest absolute Gasteiger partial charge is 0.328 e. The van der Waals surface area contributed by atoms with Gasteiger partial charge in [0.1, 0.15) is 11.6 Å². The number of ether oxygens (including phenoxy) is 1. The molecule has 1 unspecified atom stereocenters. The van der Waals surface area contributed by atoms with Crippen LogP contribution in [0.15, 0.2) is 18.2 Å². The van der Waals surface area contributed by atoms with Crippen molar-refractivity contribution in [2.75, 3.05) is 19.8 Å². The van der Waals surface area contributed by atoms with Crippen LogP contribution in [0.4, 0.5) is 4.39 Å². The monoisotopic (exact) mass is 269 g/mol. The first-order chi connectivity index (χ1) is 9.00. The van der Waals surface area contributed by atoms with Crippen LogP contribution in [0.3, 0.4) is 0 Å². The van der Waals surface area contributed by atoms with Gasteiger partial charge in [0.05, 0.1) is 18.8 Å². The molecule has 7 heteroatoms. The molecule has 0 spiro atoms. The van der Waals surface area contributed by atoms with Crippen LogP contribution < -0.4 is 0 Å². The van der Waals surface area contributed by atoms with Crippen molar-refractivity contribution in [2.24, 2.45) is 0 Å².